The summed E-state index contributed by atoms with van der Waals surface area (Å²) in [7, 11) is 1.24. The number of rotatable bonds is 7. The fourth-order valence-corrected chi connectivity index (χ4v) is 3.66. The van der Waals surface area contributed by atoms with E-state index in [1.165, 1.54) is 19.2 Å². The molecule has 32 heavy (non-hydrogen) atoms. The first-order chi connectivity index (χ1) is 15.1. The van der Waals surface area contributed by atoms with Crippen molar-refractivity contribution in [1.29, 1.82) is 0 Å². The molecule has 0 aliphatic carbocycles. The van der Waals surface area contributed by atoms with Crippen LogP contribution in [0.25, 0.3) is 0 Å². The van der Waals surface area contributed by atoms with Crippen LogP contribution in [-0.2, 0) is 11.2 Å². The van der Waals surface area contributed by atoms with Crippen LogP contribution in [0.15, 0.2) is 12.1 Å². The quantitative estimate of drug-likeness (QED) is 0.481. The van der Waals surface area contributed by atoms with Gasteiger partial charge in [-0.15, -0.1) is 5.10 Å². The second-order valence-corrected chi connectivity index (χ2v) is 7.95. The molecule has 1 aromatic heterocycles. The molecule has 178 valence electrons. The lowest BCUT2D eigenvalue weighted by molar-refractivity contribution is -0.278. The van der Waals surface area contributed by atoms with E-state index in [1.54, 1.807) is 11.6 Å². The molecule has 2 heterocycles. The average molecular weight is 458 g/mol. The molecule has 0 unspecified atom stereocenters. The summed E-state index contributed by atoms with van der Waals surface area (Å²) >= 11 is 0. The summed E-state index contributed by atoms with van der Waals surface area (Å²) in [5, 5.41) is 44.0. The lowest BCUT2D eigenvalue weighted by atomic mass is 9.99. The fraction of sp³-hybridized carbons (Fsp3) is 0.571. The first-order valence-electron chi connectivity index (χ1n) is 10.2. The highest BCUT2D eigenvalue weighted by Gasteiger charge is 2.45. The molecule has 1 fully saturated rings. The Balaban J connectivity index is 1.97. The number of benzene rings is 1. The number of aromatic nitrogens is 2. The van der Waals surface area contributed by atoms with Gasteiger partial charge in [-0.05, 0) is 32.4 Å². The second kappa shape index (κ2) is 9.67. The van der Waals surface area contributed by atoms with E-state index in [2.05, 4.69) is 5.10 Å². The van der Waals surface area contributed by atoms with E-state index < -0.39 is 48.9 Å². The third-order valence-corrected chi connectivity index (χ3v) is 5.52. The van der Waals surface area contributed by atoms with Gasteiger partial charge in [0.25, 0.3) is 0 Å². The van der Waals surface area contributed by atoms with Crippen LogP contribution >= 0.6 is 0 Å². The Hall–Kier alpha value is -2.31. The van der Waals surface area contributed by atoms with Crippen molar-refractivity contribution in [3.63, 3.8) is 0 Å². The third-order valence-electron chi connectivity index (χ3n) is 5.52. The van der Waals surface area contributed by atoms with E-state index in [9.17, 15) is 29.2 Å². The fourth-order valence-electron chi connectivity index (χ4n) is 3.66. The van der Waals surface area contributed by atoms with E-state index in [0.717, 1.165) is 0 Å². The number of hydrogen-bond donors (Lipinski definition) is 4. The van der Waals surface area contributed by atoms with Crippen LogP contribution in [0.5, 0.6) is 11.6 Å². The van der Waals surface area contributed by atoms with E-state index in [0.29, 0.717) is 11.3 Å². The molecule has 1 aliphatic heterocycles. The molecule has 11 heteroatoms. The number of aliphatic hydroxyl groups excluding tert-OH is 4. The smallest absolute Gasteiger partial charge is 0.239 e. The number of aliphatic hydroxyl groups is 4. The van der Waals surface area contributed by atoms with Gasteiger partial charge < -0.3 is 34.6 Å². The van der Waals surface area contributed by atoms with Crippen molar-refractivity contribution in [3.05, 3.63) is 40.6 Å². The van der Waals surface area contributed by atoms with Crippen LogP contribution in [0.4, 0.5) is 8.78 Å². The maximum Gasteiger partial charge on any atom is 0.239 e. The van der Waals surface area contributed by atoms with Gasteiger partial charge in [0.1, 0.15) is 24.4 Å². The van der Waals surface area contributed by atoms with Gasteiger partial charge in [-0.25, -0.2) is 4.39 Å². The minimum Gasteiger partial charge on any atom is -0.494 e. The minimum atomic E-state index is -1.64. The molecular formula is C21H28F2N2O7. The van der Waals surface area contributed by atoms with E-state index in [-0.39, 0.29) is 29.7 Å². The Bertz CT molecular complexity index is 951. The zero-order valence-corrected chi connectivity index (χ0v) is 18.2. The van der Waals surface area contributed by atoms with Gasteiger partial charge in [0.05, 0.1) is 13.7 Å². The van der Waals surface area contributed by atoms with Crippen LogP contribution in [0.1, 0.15) is 36.7 Å². The summed E-state index contributed by atoms with van der Waals surface area (Å²) in [5.74, 6) is -2.43. The standard InChI is InChI=1S/C21H28F2N2O7/c1-9(2)25-10(3)12(7-11-5-6-13(30-4)16(23)15(11)22)20(24-25)32-21-19(29)18(28)17(27)14(8-26)31-21/h5-6,9,14,17-19,21,26-29H,7-8H2,1-4H3/t14-,17-,18+,19-,21+/m1/s1. The van der Waals surface area contributed by atoms with Gasteiger partial charge >= 0.3 is 0 Å². The Morgan fingerprint density at radius 2 is 1.81 bits per heavy atom. The molecule has 0 spiro atoms. The van der Waals surface area contributed by atoms with Gasteiger partial charge in [-0.1, -0.05) is 6.07 Å². The summed E-state index contributed by atoms with van der Waals surface area (Å²) in [5.41, 5.74) is 1.07. The molecule has 3 rings (SSSR count). The predicted octanol–water partition coefficient (Wildman–Crippen LogP) is 0.829. The van der Waals surface area contributed by atoms with Crippen molar-refractivity contribution >= 4 is 0 Å². The van der Waals surface area contributed by atoms with Crippen molar-refractivity contribution in [2.75, 3.05) is 13.7 Å². The molecule has 0 radical (unpaired) electrons. The Kier molecular flexibility index (Phi) is 7.36. The van der Waals surface area contributed by atoms with Crippen molar-refractivity contribution in [3.8, 4) is 11.6 Å². The zero-order valence-electron chi connectivity index (χ0n) is 18.2. The monoisotopic (exact) mass is 458 g/mol. The Morgan fingerprint density at radius 3 is 2.41 bits per heavy atom. The van der Waals surface area contributed by atoms with Crippen LogP contribution in [-0.4, -0.2) is 74.6 Å². The van der Waals surface area contributed by atoms with Crippen LogP contribution < -0.4 is 9.47 Å². The zero-order chi connectivity index (χ0) is 23.7. The largest absolute Gasteiger partial charge is 0.494 e. The lowest BCUT2D eigenvalue weighted by Gasteiger charge is -2.39. The number of methoxy groups -OCH3 is 1. The third kappa shape index (κ3) is 4.44. The average Bonchev–Trinajstić information content (AvgIpc) is 3.07. The van der Waals surface area contributed by atoms with Crippen molar-refractivity contribution in [2.45, 2.75) is 63.9 Å². The molecule has 1 aromatic carbocycles. The first-order valence-corrected chi connectivity index (χ1v) is 10.2. The van der Waals surface area contributed by atoms with Crippen molar-refractivity contribution in [1.82, 2.24) is 9.78 Å². The number of hydrogen-bond acceptors (Lipinski definition) is 8. The van der Waals surface area contributed by atoms with Gasteiger partial charge in [-0.2, -0.15) is 4.39 Å². The summed E-state index contributed by atoms with van der Waals surface area (Å²) < 4.78 is 46.3. The molecule has 4 N–H and O–H groups in total. The molecular weight excluding hydrogens is 430 g/mol. The summed E-state index contributed by atoms with van der Waals surface area (Å²) in [6.45, 7) is 4.86. The maximum absolute atomic E-state index is 14.6. The molecule has 0 saturated carbocycles. The van der Waals surface area contributed by atoms with E-state index >= 15 is 0 Å². The predicted molar refractivity (Wildman–Crippen MR) is 107 cm³/mol. The molecule has 1 aliphatic rings. The summed E-state index contributed by atoms with van der Waals surface area (Å²) in [6, 6.07) is 2.60. The first kappa shape index (κ1) is 24.3. The summed E-state index contributed by atoms with van der Waals surface area (Å²) in [6.07, 6.45) is -7.52. The minimum absolute atomic E-state index is 0.0174. The molecule has 1 saturated heterocycles. The van der Waals surface area contributed by atoms with E-state index in [4.69, 9.17) is 14.2 Å². The normalized spacial score (nSPS) is 25.9. The second-order valence-electron chi connectivity index (χ2n) is 7.95. The Labute approximate surface area is 183 Å². The van der Waals surface area contributed by atoms with Crippen molar-refractivity contribution < 1.29 is 43.4 Å². The SMILES string of the molecule is COc1ccc(Cc2c(O[C@@H]3O[C@H](CO)[C@@H](O)[C@H](O)[C@H]3O)nn(C(C)C)c2C)c(F)c1F. The molecule has 9 nitrogen and oxygen atoms in total. The van der Waals surface area contributed by atoms with Crippen molar-refractivity contribution in [2.24, 2.45) is 0 Å². The van der Waals surface area contributed by atoms with Crippen LogP contribution in [0.3, 0.4) is 0 Å². The van der Waals surface area contributed by atoms with Gasteiger partial charge in [-0.3, -0.25) is 4.68 Å². The Morgan fingerprint density at radius 1 is 1.12 bits per heavy atom. The van der Waals surface area contributed by atoms with Gasteiger partial charge in [0.2, 0.25) is 18.0 Å². The maximum atomic E-state index is 14.6. The van der Waals surface area contributed by atoms with Crippen LogP contribution in [0.2, 0.25) is 0 Å². The molecule has 2 aromatic rings. The van der Waals surface area contributed by atoms with Gasteiger partial charge in [0.15, 0.2) is 11.6 Å². The lowest BCUT2D eigenvalue weighted by Crippen LogP contribution is -2.60. The highest BCUT2D eigenvalue weighted by atomic mass is 19.2. The number of nitrogens with zero attached hydrogens (tertiary/aromatic N) is 2. The molecule has 0 amide bonds. The summed E-state index contributed by atoms with van der Waals surface area (Å²) in [4.78, 5) is 0. The molecule has 0 bridgehead atoms. The van der Waals surface area contributed by atoms with Crippen LogP contribution in [0, 0.1) is 18.6 Å². The number of halogens is 2. The highest BCUT2D eigenvalue weighted by Crippen LogP contribution is 2.32. The number of ether oxygens (including phenoxy) is 3. The topological polar surface area (TPSA) is 126 Å². The highest BCUT2D eigenvalue weighted by molar-refractivity contribution is 5.39. The van der Waals surface area contributed by atoms with E-state index in [1.807, 2.05) is 13.8 Å². The molecule has 5 atom stereocenters. The van der Waals surface area contributed by atoms with Gasteiger partial charge in [0, 0.05) is 23.7 Å².